The molecule has 1 heterocycles. The molecule has 4 nitrogen and oxygen atoms in total. The van der Waals surface area contributed by atoms with Crippen LogP contribution in [0.1, 0.15) is 42.5 Å². The van der Waals surface area contributed by atoms with Gasteiger partial charge in [-0.15, -0.1) is 0 Å². The summed E-state index contributed by atoms with van der Waals surface area (Å²) in [7, 11) is 2.05. The highest BCUT2D eigenvalue weighted by Gasteiger charge is 2.29. The van der Waals surface area contributed by atoms with E-state index in [1.165, 1.54) is 24.1 Å². The molecule has 0 aliphatic heterocycles. The zero-order valence-corrected chi connectivity index (χ0v) is 13.3. The largest absolute Gasteiger partial charge is 0.393 e. The molecule has 114 valence electrons. The predicted octanol–water partition coefficient (Wildman–Crippen LogP) is 1.80. The normalized spacial score (nSPS) is 24.1. The number of aryl methyl sites for hydroxylation is 2. The van der Waals surface area contributed by atoms with Crippen LogP contribution in [-0.4, -0.2) is 34.8 Å². The average Bonchev–Trinajstić information content (AvgIpc) is 2.44. The van der Waals surface area contributed by atoms with Crippen LogP contribution in [-0.2, 0) is 12.8 Å². The smallest absolute Gasteiger partial charge is 0.138 e. The Kier molecular flexibility index (Phi) is 4.13. The summed E-state index contributed by atoms with van der Waals surface area (Å²) in [6.45, 7) is 0.901. The predicted molar refractivity (Wildman–Crippen MR) is 88.8 cm³/mol. The number of aromatic nitrogens is 1. The van der Waals surface area contributed by atoms with Crippen LogP contribution in [0.15, 0.2) is 6.07 Å². The molecule has 2 aliphatic rings. The summed E-state index contributed by atoms with van der Waals surface area (Å²) < 4.78 is 0. The molecule has 3 rings (SSSR count). The monoisotopic (exact) mass is 305 g/mol. The molecule has 1 aromatic heterocycles. The van der Waals surface area contributed by atoms with Gasteiger partial charge in [0.2, 0.25) is 0 Å². The Balaban J connectivity index is 1.86. The third-order valence-electron chi connectivity index (χ3n) is 4.65. The lowest BCUT2D eigenvalue weighted by atomic mass is 9.82. The first-order valence-corrected chi connectivity index (χ1v) is 8.17. The molecule has 0 atom stereocenters. The lowest BCUT2D eigenvalue weighted by Crippen LogP contribution is -2.38. The first-order valence-electron chi connectivity index (χ1n) is 7.76. The summed E-state index contributed by atoms with van der Waals surface area (Å²) in [5.74, 6) is 1.45. The van der Waals surface area contributed by atoms with E-state index in [-0.39, 0.29) is 6.10 Å². The van der Waals surface area contributed by atoms with Gasteiger partial charge in [-0.25, -0.2) is 4.98 Å². The van der Waals surface area contributed by atoms with E-state index in [0.717, 1.165) is 43.6 Å². The maximum Gasteiger partial charge on any atom is 0.138 e. The molecule has 3 N–H and O–H groups in total. The van der Waals surface area contributed by atoms with Gasteiger partial charge in [-0.3, -0.25) is 0 Å². The van der Waals surface area contributed by atoms with E-state index in [0.29, 0.717) is 10.9 Å². The van der Waals surface area contributed by atoms with Gasteiger partial charge in [-0.2, -0.15) is 0 Å². The van der Waals surface area contributed by atoms with Crippen LogP contribution in [0, 0.1) is 5.92 Å². The van der Waals surface area contributed by atoms with Crippen molar-refractivity contribution in [3.63, 3.8) is 0 Å². The van der Waals surface area contributed by atoms with Crippen molar-refractivity contribution in [1.29, 1.82) is 0 Å². The second-order valence-corrected chi connectivity index (χ2v) is 6.85. The van der Waals surface area contributed by atoms with E-state index in [2.05, 4.69) is 11.0 Å². The topological polar surface area (TPSA) is 62.4 Å². The van der Waals surface area contributed by atoms with Crippen molar-refractivity contribution in [2.24, 2.45) is 11.7 Å². The van der Waals surface area contributed by atoms with E-state index >= 15 is 0 Å². The molecule has 5 heteroatoms. The van der Waals surface area contributed by atoms with Crippen molar-refractivity contribution >= 4 is 23.0 Å². The van der Waals surface area contributed by atoms with E-state index in [1.54, 1.807) is 0 Å². The third kappa shape index (κ3) is 3.04. The fraction of sp³-hybridized carbons (Fsp3) is 0.625. The summed E-state index contributed by atoms with van der Waals surface area (Å²) in [6, 6.07) is 2.14. The molecule has 0 bridgehead atoms. The van der Waals surface area contributed by atoms with Gasteiger partial charge in [0, 0.05) is 19.3 Å². The van der Waals surface area contributed by atoms with Gasteiger partial charge >= 0.3 is 0 Å². The molecule has 0 amide bonds. The Bertz CT molecular complexity index is 555. The number of thiocarbonyl (C=S) groups is 1. The number of rotatable bonds is 4. The van der Waals surface area contributed by atoms with Crippen molar-refractivity contribution in [1.82, 2.24) is 4.98 Å². The number of nitrogens with two attached hydrogens (primary N) is 1. The Hall–Kier alpha value is -1.20. The molecule has 0 spiro atoms. The number of hydrogen-bond acceptors (Lipinski definition) is 4. The van der Waals surface area contributed by atoms with Gasteiger partial charge in [0.05, 0.1) is 11.7 Å². The summed E-state index contributed by atoms with van der Waals surface area (Å²) in [5, 5.41) is 9.43. The van der Waals surface area contributed by atoms with Gasteiger partial charge in [-0.1, -0.05) is 12.2 Å². The molecule has 1 aromatic rings. The van der Waals surface area contributed by atoms with Crippen LogP contribution in [0.4, 0.5) is 5.82 Å². The molecular weight excluding hydrogens is 282 g/mol. The summed E-state index contributed by atoms with van der Waals surface area (Å²) in [4.78, 5) is 7.44. The zero-order chi connectivity index (χ0) is 15.0. The Morgan fingerprint density at radius 3 is 2.81 bits per heavy atom. The fourth-order valence-electron chi connectivity index (χ4n) is 3.42. The quantitative estimate of drug-likeness (QED) is 0.831. The molecule has 21 heavy (non-hydrogen) atoms. The SMILES string of the molecule is CN(CC1CC(O)C1)c1nc2c(cc1C(N)=S)CCCC2. The second-order valence-electron chi connectivity index (χ2n) is 6.41. The fourth-order valence-corrected chi connectivity index (χ4v) is 3.57. The first-order chi connectivity index (χ1) is 10.0. The van der Waals surface area contributed by atoms with Crippen molar-refractivity contribution < 1.29 is 5.11 Å². The van der Waals surface area contributed by atoms with E-state index in [9.17, 15) is 5.11 Å². The number of fused-ring (bicyclic) bond motifs is 1. The minimum atomic E-state index is -0.116. The standard InChI is InChI=1S/C16H23N3OS/c1-19(9-10-6-12(20)7-10)16-13(15(17)21)8-11-4-2-3-5-14(11)18-16/h8,10,12,20H,2-7,9H2,1H3,(H2,17,21). The Morgan fingerprint density at radius 1 is 1.43 bits per heavy atom. The van der Waals surface area contributed by atoms with Crippen LogP contribution in [0.2, 0.25) is 0 Å². The molecule has 2 aliphatic carbocycles. The van der Waals surface area contributed by atoms with Crippen LogP contribution in [0.25, 0.3) is 0 Å². The van der Waals surface area contributed by atoms with Crippen LogP contribution in [0.5, 0.6) is 0 Å². The lowest BCUT2D eigenvalue weighted by molar-refractivity contribution is 0.0464. The number of pyridine rings is 1. The highest BCUT2D eigenvalue weighted by Crippen LogP contribution is 2.31. The first kappa shape index (κ1) is 14.7. The van der Waals surface area contributed by atoms with Gasteiger partial charge in [-0.05, 0) is 56.1 Å². The number of hydrogen-bond donors (Lipinski definition) is 2. The highest BCUT2D eigenvalue weighted by atomic mass is 32.1. The minimum absolute atomic E-state index is 0.116. The summed E-state index contributed by atoms with van der Waals surface area (Å²) >= 11 is 5.22. The second kappa shape index (κ2) is 5.89. The van der Waals surface area contributed by atoms with Crippen molar-refractivity contribution in [3.05, 3.63) is 22.9 Å². The Morgan fingerprint density at radius 2 is 2.14 bits per heavy atom. The number of nitrogens with zero attached hydrogens (tertiary/aromatic N) is 2. The minimum Gasteiger partial charge on any atom is -0.393 e. The van der Waals surface area contributed by atoms with Crippen LogP contribution >= 0.6 is 12.2 Å². The van der Waals surface area contributed by atoms with Crippen LogP contribution in [0.3, 0.4) is 0 Å². The maximum absolute atomic E-state index is 9.43. The summed E-state index contributed by atoms with van der Waals surface area (Å²) in [5.41, 5.74) is 9.32. The van der Waals surface area contributed by atoms with Gasteiger partial charge in [0.25, 0.3) is 0 Å². The van der Waals surface area contributed by atoms with E-state index in [1.807, 2.05) is 7.05 Å². The molecule has 0 radical (unpaired) electrons. The zero-order valence-electron chi connectivity index (χ0n) is 12.5. The van der Waals surface area contributed by atoms with E-state index < -0.39 is 0 Å². The van der Waals surface area contributed by atoms with Gasteiger partial charge in [0.1, 0.15) is 10.8 Å². The maximum atomic E-state index is 9.43. The number of aliphatic hydroxyl groups is 1. The van der Waals surface area contributed by atoms with E-state index in [4.69, 9.17) is 22.9 Å². The van der Waals surface area contributed by atoms with Crippen molar-refractivity contribution in [2.45, 2.75) is 44.6 Å². The van der Waals surface area contributed by atoms with Gasteiger partial charge in [0.15, 0.2) is 0 Å². The molecule has 0 saturated heterocycles. The molecule has 1 fully saturated rings. The van der Waals surface area contributed by atoms with Crippen LogP contribution < -0.4 is 10.6 Å². The van der Waals surface area contributed by atoms with Gasteiger partial charge < -0.3 is 15.7 Å². The molecule has 1 saturated carbocycles. The Labute approximate surface area is 131 Å². The molecule has 0 unspecified atom stereocenters. The summed E-state index contributed by atoms with van der Waals surface area (Å²) in [6.07, 6.45) is 6.22. The molecular formula is C16H23N3OS. The number of aliphatic hydroxyl groups excluding tert-OH is 1. The number of anilines is 1. The molecule has 0 aromatic carbocycles. The highest BCUT2D eigenvalue weighted by molar-refractivity contribution is 7.80. The van der Waals surface area contributed by atoms with Crippen molar-refractivity contribution in [3.8, 4) is 0 Å². The average molecular weight is 305 g/mol. The van der Waals surface area contributed by atoms with Crippen molar-refractivity contribution in [2.75, 3.05) is 18.5 Å². The third-order valence-corrected chi connectivity index (χ3v) is 4.87. The lowest BCUT2D eigenvalue weighted by Gasteiger charge is -2.35.